The Morgan fingerprint density at radius 2 is 2.04 bits per heavy atom. The minimum absolute atomic E-state index is 0.112. The lowest BCUT2D eigenvalue weighted by Gasteiger charge is -2.25. The van der Waals surface area contributed by atoms with Crippen molar-refractivity contribution in [1.29, 1.82) is 0 Å². The zero-order valence-electron chi connectivity index (χ0n) is 16.2. The number of aromatic amines is 1. The summed E-state index contributed by atoms with van der Waals surface area (Å²) in [5.41, 5.74) is 0.681. The summed E-state index contributed by atoms with van der Waals surface area (Å²) in [6.45, 7) is 2.57. The molecule has 0 spiro atoms. The average Bonchev–Trinajstić information content (AvgIpc) is 3.37. The average molecular weight is 369 g/mol. The van der Waals surface area contributed by atoms with Gasteiger partial charge in [-0.3, -0.25) is 14.7 Å². The molecule has 1 saturated heterocycles. The molecular weight excluding hydrogens is 342 g/mol. The van der Waals surface area contributed by atoms with Crippen molar-refractivity contribution in [2.45, 2.75) is 37.8 Å². The van der Waals surface area contributed by atoms with E-state index in [9.17, 15) is 4.79 Å². The Bertz CT molecular complexity index is 861. The number of aromatic nitrogens is 4. The van der Waals surface area contributed by atoms with E-state index in [1.807, 2.05) is 31.3 Å². The van der Waals surface area contributed by atoms with E-state index in [1.165, 1.54) is 12.8 Å². The van der Waals surface area contributed by atoms with Crippen LogP contribution in [0.2, 0.25) is 0 Å². The molecule has 0 radical (unpaired) electrons. The molecule has 2 aromatic rings. The van der Waals surface area contributed by atoms with Crippen LogP contribution >= 0.6 is 0 Å². The van der Waals surface area contributed by atoms with Crippen LogP contribution in [0.3, 0.4) is 0 Å². The van der Waals surface area contributed by atoms with Gasteiger partial charge in [-0.1, -0.05) is 0 Å². The van der Waals surface area contributed by atoms with E-state index in [0.717, 1.165) is 36.8 Å². The van der Waals surface area contributed by atoms with Crippen molar-refractivity contribution < 1.29 is 0 Å². The Morgan fingerprint density at radius 1 is 1.22 bits per heavy atom. The summed E-state index contributed by atoms with van der Waals surface area (Å²) >= 11 is 0. The quantitative estimate of drug-likeness (QED) is 0.820. The standard InChI is InChI=1S/C19H27N7O/c1-24(2)19-21-14(10-17(27)23-19)11-25(3)15-7-9-26(12-15)16-6-8-20-18(22-16)13-4-5-13/h6,8,10,13,15H,4-5,7,9,11-12H2,1-3H3,(H,21,23,27)/t15-/m0/s1. The van der Waals surface area contributed by atoms with Crippen molar-refractivity contribution in [3.63, 3.8) is 0 Å². The number of nitrogens with one attached hydrogen (secondary N) is 1. The van der Waals surface area contributed by atoms with Crippen LogP contribution in [0, 0.1) is 0 Å². The van der Waals surface area contributed by atoms with Crippen LogP contribution < -0.4 is 15.4 Å². The maximum atomic E-state index is 11.9. The molecule has 144 valence electrons. The van der Waals surface area contributed by atoms with Crippen LogP contribution in [0.25, 0.3) is 0 Å². The molecule has 8 heteroatoms. The van der Waals surface area contributed by atoms with Gasteiger partial charge in [-0.15, -0.1) is 0 Å². The van der Waals surface area contributed by atoms with Crippen LogP contribution in [0.1, 0.15) is 36.7 Å². The highest BCUT2D eigenvalue weighted by atomic mass is 16.1. The number of anilines is 2. The van der Waals surface area contributed by atoms with Gasteiger partial charge >= 0.3 is 0 Å². The minimum Gasteiger partial charge on any atom is -0.355 e. The second-order valence-electron chi connectivity index (χ2n) is 7.81. The Morgan fingerprint density at radius 3 is 2.78 bits per heavy atom. The predicted molar refractivity (Wildman–Crippen MR) is 105 cm³/mol. The summed E-state index contributed by atoms with van der Waals surface area (Å²) in [6.07, 6.45) is 5.39. The van der Waals surface area contributed by atoms with Crippen molar-refractivity contribution in [2.24, 2.45) is 0 Å². The summed E-state index contributed by atoms with van der Waals surface area (Å²) < 4.78 is 0. The number of nitrogens with zero attached hydrogens (tertiary/aromatic N) is 6. The molecule has 1 aliphatic heterocycles. The van der Waals surface area contributed by atoms with Crippen LogP contribution in [-0.2, 0) is 6.54 Å². The fourth-order valence-electron chi connectivity index (χ4n) is 3.56. The molecule has 2 fully saturated rings. The van der Waals surface area contributed by atoms with Gasteiger partial charge in [-0.05, 0) is 32.4 Å². The Kier molecular flexibility index (Phi) is 4.82. The summed E-state index contributed by atoms with van der Waals surface area (Å²) in [4.78, 5) is 34.8. The third-order valence-corrected chi connectivity index (χ3v) is 5.33. The van der Waals surface area contributed by atoms with Crippen molar-refractivity contribution in [3.05, 3.63) is 40.2 Å². The molecule has 0 unspecified atom stereocenters. The fourth-order valence-corrected chi connectivity index (χ4v) is 3.56. The van der Waals surface area contributed by atoms with E-state index in [4.69, 9.17) is 4.98 Å². The van der Waals surface area contributed by atoms with Crippen LogP contribution in [0.5, 0.6) is 0 Å². The van der Waals surface area contributed by atoms with Gasteiger partial charge in [0.05, 0.1) is 5.69 Å². The van der Waals surface area contributed by atoms with E-state index in [-0.39, 0.29) is 5.56 Å². The van der Waals surface area contributed by atoms with E-state index in [0.29, 0.717) is 24.5 Å². The molecule has 27 heavy (non-hydrogen) atoms. The fraction of sp³-hybridized carbons (Fsp3) is 0.579. The Balaban J connectivity index is 1.41. The number of H-pyrrole nitrogens is 1. The topological polar surface area (TPSA) is 81.2 Å². The lowest BCUT2D eigenvalue weighted by Crippen LogP contribution is -2.35. The van der Waals surface area contributed by atoms with Gasteiger partial charge in [-0.2, -0.15) is 0 Å². The van der Waals surface area contributed by atoms with Crippen LogP contribution in [0.15, 0.2) is 23.1 Å². The molecule has 2 aliphatic rings. The number of hydrogen-bond acceptors (Lipinski definition) is 7. The molecule has 1 N–H and O–H groups in total. The molecule has 1 atom stereocenters. The van der Waals surface area contributed by atoms with Crippen molar-refractivity contribution in [2.75, 3.05) is 44.0 Å². The first-order valence-electron chi connectivity index (χ1n) is 9.55. The monoisotopic (exact) mass is 369 g/mol. The van der Waals surface area contributed by atoms with Gasteiger partial charge in [0.2, 0.25) is 5.95 Å². The van der Waals surface area contributed by atoms with Crippen molar-refractivity contribution in [1.82, 2.24) is 24.8 Å². The van der Waals surface area contributed by atoms with Gasteiger partial charge in [0.1, 0.15) is 11.6 Å². The normalized spacial score (nSPS) is 19.7. The summed E-state index contributed by atoms with van der Waals surface area (Å²) in [6, 6.07) is 4.01. The first kappa shape index (κ1) is 17.9. The summed E-state index contributed by atoms with van der Waals surface area (Å²) in [5, 5.41) is 0. The van der Waals surface area contributed by atoms with Gasteiger partial charge in [0.15, 0.2) is 0 Å². The second kappa shape index (κ2) is 7.26. The molecule has 4 rings (SSSR count). The first-order valence-corrected chi connectivity index (χ1v) is 9.55. The molecule has 3 heterocycles. The van der Waals surface area contributed by atoms with Gasteiger partial charge in [-0.25, -0.2) is 15.0 Å². The molecule has 8 nitrogen and oxygen atoms in total. The van der Waals surface area contributed by atoms with E-state index in [2.05, 4.69) is 31.8 Å². The smallest absolute Gasteiger partial charge is 0.252 e. The minimum atomic E-state index is -0.112. The molecule has 2 aromatic heterocycles. The zero-order chi connectivity index (χ0) is 19.0. The van der Waals surface area contributed by atoms with Crippen molar-refractivity contribution >= 4 is 11.8 Å². The molecule has 1 aliphatic carbocycles. The first-order chi connectivity index (χ1) is 13.0. The van der Waals surface area contributed by atoms with Crippen LogP contribution in [0.4, 0.5) is 11.8 Å². The van der Waals surface area contributed by atoms with Crippen LogP contribution in [-0.4, -0.2) is 65.1 Å². The van der Waals surface area contributed by atoms with E-state index >= 15 is 0 Å². The molecule has 0 aromatic carbocycles. The lowest BCUT2D eigenvalue weighted by atomic mass is 10.2. The predicted octanol–water partition coefficient (Wildman–Crippen LogP) is 1.21. The number of hydrogen-bond donors (Lipinski definition) is 1. The second-order valence-corrected chi connectivity index (χ2v) is 7.81. The van der Waals surface area contributed by atoms with E-state index in [1.54, 1.807) is 6.07 Å². The maximum Gasteiger partial charge on any atom is 0.252 e. The van der Waals surface area contributed by atoms with Gasteiger partial charge in [0.25, 0.3) is 5.56 Å². The molecule has 1 saturated carbocycles. The number of likely N-dealkylation sites (N-methyl/N-ethyl adjacent to an activating group) is 1. The molecule has 0 amide bonds. The van der Waals surface area contributed by atoms with Gasteiger partial charge in [0, 0.05) is 58.0 Å². The number of rotatable bonds is 6. The lowest BCUT2D eigenvalue weighted by molar-refractivity contribution is 0.247. The summed E-state index contributed by atoms with van der Waals surface area (Å²) in [7, 11) is 5.85. The summed E-state index contributed by atoms with van der Waals surface area (Å²) in [5.74, 6) is 3.19. The highest BCUT2D eigenvalue weighted by Crippen LogP contribution is 2.38. The molecule has 0 bridgehead atoms. The maximum absolute atomic E-state index is 11.9. The highest BCUT2D eigenvalue weighted by molar-refractivity contribution is 5.40. The van der Waals surface area contributed by atoms with Crippen molar-refractivity contribution in [3.8, 4) is 0 Å². The third-order valence-electron chi connectivity index (χ3n) is 5.33. The zero-order valence-corrected chi connectivity index (χ0v) is 16.2. The third kappa shape index (κ3) is 4.10. The Hall–Kier alpha value is -2.48. The van der Waals surface area contributed by atoms with Gasteiger partial charge < -0.3 is 9.80 Å². The largest absolute Gasteiger partial charge is 0.355 e. The SMILES string of the molecule is CN(C)c1nc(CN(C)[C@H]2CCN(c3ccnc(C4CC4)n3)C2)cc(=O)[nH]1. The van der Waals surface area contributed by atoms with E-state index < -0.39 is 0 Å². The Labute approximate surface area is 159 Å². The highest BCUT2D eigenvalue weighted by Gasteiger charge is 2.30. The molecular formula is C19H27N7O.